The van der Waals surface area contributed by atoms with Gasteiger partial charge in [-0.3, -0.25) is 14.5 Å². The van der Waals surface area contributed by atoms with Crippen LogP contribution in [0.15, 0.2) is 41.5 Å². The molecule has 5 nitrogen and oxygen atoms in total. The maximum atomic E-state index is 12.8. The molecule has 0 aromatic heterocycles. The summed E-state index contributed by atoms with van der Waals surface area (Å²) >= 11 is 0. The number of likely N-dealkylation sites (tertiary alicyclic amines) is 1. The lowest BCUT2D eigenvalue weighted by molar-refractivity contribution is -0.147. The van der Waals surface area contributed by atoms with Crippen molar-refractivity contribution in [1.82, 2.24) is 10.2 Å². The molecule has 2 atom stereocenters. The Morgan fingerprint density at radius 1 is 1.04 bits per heavy atom. The Kier molecular flexibility index (Phi) is 6.32. The topological polar surface area (TPSA) is 69.6 Å². The zero-order valence-electron chi connectivity index (χ0n) is 16.3. The fraction of sp³-hybridized carbons (Fsp3) is 0.545. The van der Waals surface area contributed by atoms with E-state index in [4.69, 9.17) is 0 Å². The molecule has 1 heterocycles. The number of allylic oxidation sites excluding steroid dienone is 2. The summed E-state index contributed by atoms with van der Waals surface area (Å²) in [7, 11) is 0. The molecule has 0 bridgehead atoms. The first-order chi connectivity index (χ1) is 12.9. The summed E-state index contributed by atoms with van der Waals surface area (Å²) in [6, 6.07) is 10.6. The number of benzene rings is 1. The fourth-order valence-electron chi connectivity index (χ4n) is 4.21. The Labute approximate surface area is 161 Å². The molecular weight excluding hydrogens is 340 g/mol. The quantitative estimate of drug-likeness (QED) is 0.781. The van der Waals surface area contributed by atoms with Crippen molar-refractivity contribution in [3.63, 3.8) is 0 Å². The number of carboxylic acids is 1. The van der Waals surface area contributed by atoms with Crippen molar-refractivity contribution in [2.24, 2.45) is 11.8 Å². The first kappa shape index (κ1) is 19.6. The van der Waals surface area contributed by atoms with E-state index in [1.165, 1.54) is 5.56 Å². The fourth-order valence-corrected chi connectivity index (χ4v) is 4.21. The Hall–Kier alpha value is -2.14. The standard InChI is InChI=1S/C22H30N2O3/c1-15-12-19(20(22(26)27)13-16(15)2)21(25)23-18-8-10-24(11-9-18)14-17-6-4-3-5-7-17/h3-7,18-20H,8-14H2,1-2H3,(H,23,25)(H,26,27)/t19-,20+/m1/s1. The summed E-state index contributed by atoms with van der Waals surface area (Å²) in [5.41, 5.74) is 3.58. The number of nitrogens with zero attached hydrogens (tertiary/aromatic N) is 1. The lowest BCUT2D eigenvalue weighted by atomic mass is 9.76. The first-order valence-electron chi connectivity index (χ1n) is 9.88. The molecule has 2 aliphatic rings. The van der Waals surface area contributed by atoms with Crippen LogP contribution in [0.2, 0.25) is 0 Å². The number of carbonyl (C=O) groups is 2. The van der Waals surface area contributed by atoms with Gasteiger partial charge in [0.15, 0.2) is 0 Å². The molecule has 1 saturated heterocycles. The first-order valence-corrected chi connectivity index (χ1v) is 9.88. The van der Waals surface area contributed by atoms with Gasteiger partial charge in [0.05, 0.1) is 11.8 Å². The number of hydrogen-bond acceptors (Lipinski definition) is 3. The second-order valence-electron chi connectivity index (χ2n) is 8.06. The van der Waals surface area contributed by atoms with Crippen LogP contribution in [-0.4, -0.2) is 41.0 Å². The molecule has 1 aliphatic carbocycles. The second kappa shape index (κ2) is 8.70. The Balaban J connectivity index is 1.52. The van der Waals surface area contributed by atoms with E-state index in [1.54, 1.807) is 0 Å². The zero-order valence-corrected chi connectivity index (χ0v) is 16.3. The SMILES string of the molecule is CC1=C(C)C[C@@H](C(=O)NC2CCN(Cc3ccccc3)CC2)[C@@H](C(=O)O)C1. The number of amides is 1. The van der Waals surface area contributed by atoms with Crippen molar-refractivity contribution in [3.8, 4) is 0 Å². The lowest BCUT2D eigenvalue weighted by Crippen LogP contribution is -2.48. The minimum absolute atomic E-state index is 0.0873. The Morgan fingerprint density at radius 3 is 2.22 bits per heavy atom. The molecule has 0 saturated carbocycles. The van der Waals surface area contributed by atoms with Gasteiger partial charge in [0.2, 0.25) is 5.91 Å². The third-order valence-corrected chi connectivity index (χ3v) is 6.10. The molecule has 3 rings (SSSR count). The molecule has 2 N–H and O–H groups in total. The normalized spacial score (nSPS) is 24.7. The minimum Gasteiger partial charge on any atom is -0.481 e. The monoisotopic (exact) mass is 370 g/mol. The molecule has 0 spiro atoms. The molecule has 1 aliphatic heterocycles. The van der Waals surface area contributed by atoms with Gasteiger partial charge in [-0.05, 0) is 45.1 Å². The highest BCUT2D eigenvalue weighted by Gasteiger charge is 2.38. The van der Waals surface area contributed by atoms with E-state index < -0.39 is 17.8 Å². The van der Waals surface area contributed by atoms with E-state index >= 15 is 0 Å². The number of nitrogens with one attached hydrogen (secondary N) is 1. The third kappa shape index (κ3) is 4.98. The summed E-state index contributed by atoms with van der Waals surface area (Å²) in [5.74, 6) is -2.00. The van der Waals surface area contributed by atoms with Gasteiger partial charge in [-0.2, -0.15) is 0 Å². The van der Waals surface area contributed by atoms with Gasteiger partial charge in [0.25, 0.3) is 0 Å². The van der Waals surface area contributed by atoms with E-state index in [0.29, 0.717) is 12.8 Å². The predicted octanol–water partition coefficient (Wildman–Crippen LogP) is 3.21. The van der Waals surface area contributed by atoms with Crippen LogP contribution in [0.5, 0.6) is 0 Å². The van der Waals surface area contributed by atoms with Crippen molar-refractivity contribution in [1.29, 1.82) is 0 Å². The van der Waals surface area contributed by atoms with Gasteiger partial charge in [0, 0.05) is 25.7 Å². The predicted molar refractivity (Wildman–Crippen MR) is 105 cm³/mol. The van der Waals surface area contributed by atoms with Crippen molar-refractivity contribution >= 4 is 11.9 Å². The molecule has 27 heavy (non-hydrogen) atoms. The Morgan fingerprint density at radius 2 is 1.63 bits per heavy atom. The summed E-state index contributed by atoms with van der Waals surface area (Å²) < 4.78 is 0. The van der Waals surface area contributed by atoms with E-state index in [1.807, 2.05) is 19.9 Å². The molecule has 0 radical (unpaired) electrons. The van der Waals surface area contributed by atoms with Gasteiger partial charge in [-0.25, -0.2) is 0 Å². The average molecular weight is 370 g/mol. The van der Waals surface area contributed by atoms with Crippen LogP contribution in [0.1, 0.15) is 45.1 Å². The number of carboxylic acid groups (broad SMARTS) is 1. The highest BCUT2D eigenvalue weighted by atomic mass is 16.4. The van der Waals surface area contributed by atoms with Crippen LogP contribution in [0, 0.1) is 11.8 Å². The number of aliphatic carboxylic acids is 1. The van der Waals surface area contributed by atoms with E-state index in [0.717, 1.165) is 43.6 Å². The molecule has 1 fully saturated rings. The number of rotatable bonds is 5. The van der Waals surface area contributed by atoms with Gasteiger partial charge in [-0.15, -0.1) is 0 Å². The van der Waals surface area contributed by atoms with E-state index in [2.05, 4.69) is 34.5 Å². The van der Waals surface area contributed by atoms with Crippen LogP contribution < -0.4 is 5.32 Å². The van der Waals surface area contributed by atoms with Crippen molar-refractivity contribution < 1.29 is 14.7 Å². The van der Waals surface area contributed by atoms with E-state index in [9.17, 15) is 14.7 Å². The lowest BCUT2D eigenvalue weighted by Gasteiger charge is -2.35. The smallest absolute Gasteiger partial charge is 0.307 e. The molecule has 1 amide bonds. The number of carbonyl (C=O) groups excluding carboxylic acids is 1. The molecule has 1 aromatic carbocycles. The van der Waals surface area contributed by atoms with Crippen LogP contribution in [-0.2, 0) is 16.1 Å². The zero-order chi connectivity index (χ0) is 19.4. The molecule has 146 valence electrons. The molecule has 5 heteroatoms. The Bertz CT molecular complexity index is 706. The van der Waals surface area contributed by atoms with Crippen molar-refractivity contribution in [2.75, 3.05) is 13.1 Å². The largest absolute Gasteiger partial charge is 0.481 e. The van der Waals surface area contributed by atoms with Crippen LogP contribution in [0.25, 0.3) is 0 Å². The van der Waals surface area contributed by atoms with Crippen LogP contribution in [0.3, 0.4) is 0 Å². The second-order valence-corrected chi connectivity index (χ2v) is 8.06. The number of hydrogen-bond donors (Lipinski definition) is 2. The van der Waals surface area contributed by atoms with Gasteiger partial charge in [0.1, 0.15) is 0 Å². The minimum atomic E-state index is -0.861. The summed E-state index contributed by atoms with van der Waals surface area (Å²) in [6.45, 7) is 6.82. The average Bonchev–Trinajstić information content (AvgIpc) is 2.66. The van der Waals surface area contributed by atoms with Gasteiger partial charge < -0.3 is 10.4 Å². The maximum Gasteiger partial charge on any atom is 0.307 e. The van der Waals surface area contributed by atoms with Crippen molar-refractivity contribution in [2.45, 2.75) is 52.1 Å². The number of piperidine rings is 1. The van der Waals surface area contributed by atoms with Crippen LogP contribution >= 0.6 is 0 Å². The highest BCUT2D eigenvalue weighted by Crippen LogP contribution is 2.34. The maximum absolute atomic E-state index is 12.8. The summed E-state index contributed by atoms with van der Waals surface area (Å²) in [4.78, 5) is 26.8. The summed E-state index contributed by atoms with van der Waals surface area (Å²) in [6.07, 6.45) is 2.87. The van der Waals surface area contributed by atoms with Gasteiger partial charge in [-0.1, -0.05) is 41.5 Å². The molecule has 0 unspecified atom stereocenters. The van der Waals surface area contributed by atoms with Gasteiger partial charge >= 0.3 is 5.97 Å². The van der Waals surface area contributed by atoms with E-state index in [-0.39, 0.29) is 11.9 Å². The summed E-state index contributed by atoms with van der Waals surface area (Å²) in [5, 5.41) is 12.7. The van der Waals surface area contributed by atoms with Crippen molar-refractivity contribution in [3.05, 3.63) is 47.0 Å². The third-order valence-electron chi connectivity index (χ3n) is 6.10. The molecule has 1 aromatic rings. The molecular formula is C22H30N2O3. The van der Waals surface area contributed by atoms with Crippen LogP contribution in [0.4, 0.5) is 0 Å². The highest BCUT2D eigenvalue weighted by molar-refractivity contribution is 5.85.